The topological polar surface area (TPSA) is 221 Å². The van der Waals surface area contributed by atoms with Crippen molar-refractivity contribution in [1.82, 2.24) is 0 Å². The summed E-state index contributed by atoms with van der Waals surface area (Å²) < 4.78 is 11.8. The first kappa shape index (κ1) is 27.0. The second kappa shape index (κ2) is 9.72. The Morgan fingerprint density at radius 2 is 1.12 bits per heavy atom. The molecule has 12 heteroatoms. The number of benzene rings is 4. The average Bonchev–Trinajstić information content (AvgIpc) is 2.93. The van der Waals surface area contributed by atoms with E-state index in [9.17, 15) is 51.1 Å². The number of aromatic hydroxyl groups is 8. The van der Waals surface area contributed by atoms with Crippen LogP contribution in [0.25, 0.3) is 0 Å². The summed E-state index contributed by atoms with van der Waals surface area (Å²) in [5.41, 5.74) is 0.333. The predicted molar refractivity (Wildman–Crippen MR) is 143 cm³/mol. The summed E-state index contributed by atoms with van der Waals surface area (Å²) in [6.45, 7) is 0. The standard InChI is InChI=1S/C30H26O12/c31-13-7-19(36)24-23(8-13)42-30(12-2-4-16(33)18(35)6-12)28(40)26(24)25-20(37)10-22-14(27(25)39)9-21(38)29(41-22)11-1-3-15(32)17(34)5-11/h1-8,10,21,26,28-40H,9H2/t21-,26-,28+,29+,30+/m0/s1. The summed E-state index contributed by atoms with van der Waals surface area (Å²) in [6.07, 6.45) is -5.31. The third-order valence-electron chi connectivity index (χ3n) is 7.69. The minimum absolute atomic E-state index is 0.00771. The van der Waals surface area contributed by atoms with Crippen LogP contribution in [-0.4, -0.2) is 63.3 Å². The van der Waals surface area contributed by atoms with Gasteiger partial charge in [-0.25, -0.2) is 0 Å². The van der Waals surface area contributed by atoms with Gasteiger partial charge in [-0.15, -0.1) is 0 Å². The highest BCUT2D eigenvalue weighted by molar-refractivity contribution is 5.65. The Balaban J connectivity index is 1.47. The summed E-state index contributed by atoms with van der Waals surface area (Å²) in [5.74, 6) is -5.07. The van der Waals surface area contributed by atoms with Gasteiger partial charge in [0, 0.05) is 41.3 Å². The van der Waals surface area contributed by atoms with Crippen LogP contribution in [0.15, 0.2) is 54.6 Å². The number of ether oxygens (including phenoxy) is 2. The molecule has 12 nitrogen and oxygen atoms in total. The second-order valence-corrected chi connectivity index (χ2v) is 10.3. The van der Waals surface area contributed by atoms with E-state index in [1.807, 2.05) is 0 Å². The van der Waals surface area contributed by atoms with Gasteiger partial charge in [-0.3, -0.25) is 0 Å². The molecule has 6 rings (SSSR count). The van der Waals surface area contributed by atoms with E-state index in [1.165, 1.54) is 42.5 Å². The van der Waals surface area contributed by atoms with Crippen molar-refractivity contribution in [2.45, 2.75) is 36.8 Å². The van der Waals surface area contributed by atoms with E-state index >= 15 is 0 Å². The largest absolute Gasteiger partial charge is 0.508 e. The number of rotatable bonds is 3. The fourth-order valence-electron chi connectivity index (χ4n) is 5.70. The van der Waals surface area contributed by atoms with Crippen molar-refractivity contribution in [3.05, 3.63) is 82.4 Å². The molecule has 0 fully saturated rings. The van der Waals surface area contributed by atoms with E-state index in [4.69, 9.17) is 9.47 Å². The SMILES string of the molecule is Oc1cc(O)c2c(c1)O[C@H](c1ccc(O)c(O)c1)[C@H](O)[C@@H]2c1c(O)cc2c(c1O)C[C@H](O)[C@@H](c1ccc(O)c(O)c1)O2. The van der Waals surface area contributed by atoms with Crippen molar-refractivity contribution in [2.24, 2.45) is 0 Å². The van der Waals surface area contributed by atoms with Crippen LogP contribution in [-0.2, 0) is 6.42 Å². The van der Waals surface area contributed by atoms with Gasteiger partial charge in [0.05, 0.1) is 12.0 Å². The zero-order valence-electron chi connectivity index (χ0n) is 21.6. The molecule has 0 saturated heterocycles. The van der Waals surface area contributed by atoms with Crippen molar-refractivity contribution >= 4 is 0 Å². The van der Waals surface area contributed by atoms with Crippen molar-refractivity contribution < 1.29 is 60.5 Å². The Hall–Kier alpha value is -5.20. The molecule has 4 aromatic carbocycles. The number of phenolic OH excluding ortho intramolecular Hbond substituents is 8. The Labute approximate surface area is 237 Å². The van der Waals surface area contributed by atoms with Crippen molar-refractivity contribution in [2.75, 3.05) is 0 Å². The first-order valence-electron chi connectivity index (χ1n) is 12.8. The molecule has 0 unspecified atom stereocenters. The van der Waals surface area contributed by atoms with E-state index in [0.29, 0.717) is 5.56 Å². The highest BCUT2D eigenvalue weighted by atomic mass is 16.5. The fraction of sp³-hybridized carbons (Fsp3) is 0.200. The number of fused-ring (bicyclic) bond motifs is 2. The van der Waals surface area contributed by atoms with Gasteiger partial charge >= 0.3 is 0 Å². The van der Waals surface area contributed by atoms with Gasteiger partial charge in [0.1, 0.15) is 46.7 Å². The molecule has 10 N–H and O–H groups in total. The summed E-state index contributed by atoms with van der Waals surface area (Å²) in [6, 6.07) is 11.0. The van der Waals surface area contributed by atoms with Gasteiger partial charge in [0.2, 0.25) is 0 Å². The first-order valence-corrected chi connectivity index (χ1v) is 12.8. The molecule has 2 aliphatic rings. The van der Waals surface area contributed by atoms with E-state index in [-0.39, 0.29) is 51.7 Å². The average molecular weight is 579 g/mol. The van der Waals surface area contributed by atoms with Crippen LogP contribution in [0.5, 0.6) is 57.5 Å². The molecule has 0 bridgehead atoms. The van der Waals surface area contributed by atoms with E-state index in [1.54, 1.807) is 0 Å². The number of aliphatic hydroxyl groups is 2. The second-order valence-electron chi connectivity index (χ2n) is 10.3. The van der Waals surface area contributed by atoms with Gasteiger partial charge in [-0.1, -0.05) is 12.1 Å². The van der Waals surface area contributed by atoms with Gasteiger partial charge in [-0.2, -0.15) is 0 Å². The van der Waals surface area contributed by atoms with Crippen LogP contribution in [0, 0.1) is 0 Å². The summed E-state index contributed by atoms with van der Waals surface area (Å²) in [5, 5.41) is 105. The fourth-order valence-corrected chi connectivity index (χ4v) is 5.70. The van der Waals surface area contributed by atoms with Gasteiger partial charge in [0.25, 0.3) is 0 Å². The third kappa shape index (κ3) is 4.24. The maximum Gasteiger partial charge on any atom is 0.157 e. The highest BCUT2D eigenvalue weighted by Gasteiger charge is 2.45. The van der Waals surface area contributed by atoms with Gasteiger partial charge in [0.15, 0.2) is 29.1 Å². The van der Waals surface area contributed by atoms with Crippen LogP contribution in [0.4, 0.5) is 0 Å². The maximum absolute atomic E-state index is 11.6. The molecular weight excluding hydrogens is 552 g/mol. The Morgan fingerprint density at radius 1 is 0.548 bits per heavy atom. The van der Waals surface area contributed by atoms with Crippen LogP contribution in [0.1, 0.15) is 45.9 Å². The number of hydrogen-bond acceptors (Lipinski definition) is 12. The van der Waals surface area contributed by atoms with E-state index < -0.39 is 64.8 Å². The monoisotopic (exact) mass is 578 g/mol. The van der Waals surface area contributed by atoms with E-state index in [2.05, 4.69) is 0 Å². The summed E-state index contributed by atoms with van der Waals surface area (Å²) in [7, 11) is 0. The number of phenols is 8. The Kier molecular flexibility index (Phi) is 6.24. The van der Waals surface area contributed by atoms with E-state index in [0.717, 1.165) is 12.1 Å². The molecular formula is C30H26O12. The number of aliphatic hydroxyl groups excluding tert-OH is 2. The molecule has 0 saturated carbocycles. The summed E-state index contributed by atoms with van der Waals surface area (Å²) >= 11 is 0. The van der Waals surface area contributed by atoms with Crippen LogP contribution < -0.4 is 9.47 Å². The zero-order valence-corrected chi connectivity index (χ0v) is 21.6. The first-order chi connectivity index (χ1) is 19.9. The van der Waals surface area contributed by atoms with Crippen molar-refractivity contribution in [3.8, 4) is 57.5 Å². The quantitative estimate of drug-likeness (QED) is 0.159. The lowest BCUT2D eigenvalue weighted by atomic mass is 9.77. The molecule has 42 heavy (non-hydrogen) atoms. The molecule has 5 atom stereocenters. The third-order valence-corrected chi connectivity index (χ3v) is 7.69. The maximum atomic E-state index is 11.6. The lowest BCUT2D eigenvalue weighted by molar-refractivity contribution is 0.00573. The predicted octanol–water partition coefficient (Wildman–Crippen LogP) is 3.00. The number of hydrogen-bond donors (Lipinski definition) is 10. The van der Waals surface area contributed by atoms with Crippen molar-refractivity contribution in [1.29, 1.82) is 0 Å². The Bertz CT molecular complexity index is 1720. The molecule has 0 radical (unpaired) electrons. The van der Waals surface area contributed by atoms with Crippen molar-refractivity contribution in [3.63, 3.8) is 0 Å². The van der Waals surface area contributed by atoms with Gasteiger partial charge < -0.3 is 60.5 Å². The Morgan fingerprint density at radius 3 is 1.74 bits per heavy atom. The minimum atomic E-state index is -1.60. The molecule has 2 aliphatic heterocycles. The smallest absolute Gasteiger partial charge is 0.157 e. The molecule has 2 heterocycles. The summed E-state index contributed by atoms with van der Waals surface area (Å²) in [4.78, 5) is 0. The molecule has 4 aromatic rings. The molecule has 0 aliphatic carbocycles. The van der Waals surface area contributed by atoms with Crippen LogP contribution >= 0.6 is 0 Å². The highest BCUT2D eigenvalue weighted by Crippen LogP contribution is 2.56. The van der Waals surface area contributed by atoms with Crippen LogP contribution in [0.3, 0.4) is 0 Å². The molecule has 0 amide bonds. The minimum Gasteiger partial charge on any atom is -0.508 e. The normalized spacial score (nSPS) is 22.9. The zero-order chi connectivity index (χ0) is 30.0. The molecule has 0 aromatic heterocycles. The molecule has 0 spiro atoms. The lowest BCUT2D eigenvalue weighted by Gasteiger charge is -2.39. The lowest BCUT2D eigenvalue weighted by Crippen LogP contribution is -2.35. The van der Waals surface area contributed by atoms with Crippen LogP contribution in [0.2, 0.25) is 0 Å². The molecule has 218 valence electrons. The van der Waals surface area contributed by atoms with Gasteiger partial charge in [-0.05, 0) is 35.4 Å².